The van der Waals surface area contributed by atoms with Crippen molar-refractivity contribution in [3.8, 4) is 5.75 Å². The zero-order chi connectivity index (χ0) is 20.8. The maximum atomic E-state index is 12.4. The summed E-state index contributed by atoms with van der Waals surface area (Å²) in [5.41, 5.74) is 12.6. The number of hydrogen-bond donors (Lipinski definition) is 4. The van der Waals surface area contributed by atoms with Gasteiger partial charge in [-0.2, -0.15) is 0 Å². The maximum Gasteiger partial charge on any atom is 0.275 e. The number of nitrogens with two attached hydrogens (primary N) is 2. The first-order valence-corrected chi connectivity index (χ1v) is 10.1. The molecule has 0 saturated carbocycles. The highest BCUT2D eigenvalue weighted by atomic mass is 35.5. The molecule has 29 heavy (non-hydrogen) atoms. The third-order valence-corrected chi connectivity index (χ3v) is 5.41. The number of amides is 1. The highest BCUT2D eigenvalue weighted by Gasteiger charge is 2.26. The second-order valence-electron chi connectivity index (χ2n) is 7.26. The molecule has 8 nitrogen and oxygen atoms in total. The van der Waals surface area contributed by atoms with Crippen molar-refractivity contribution in [2.75, 3.05) is 25.1 Å². The number of nitrogens with one attached hydrogen (secondary N) is 2. The molecule has 1 aliphatic rings. The van der Waals surface area contributed by atoms with E-state index in [4.69, 9.17) is 27.8 Å². The second kappa shape index (κ2) is 9.76. The van der Waals surface area contributed by atoms with E-state index in [1.165, 1.54) is 5.56 Å². The molecule has 0 radical (unpaired) electrons. The van der Waals surface area contributed by atoms with Gasteiger partial charge in [-0.25, -0.2) is 9.97 Å². The first-order chi connectivity index (χ1) is 14.0. The minimum atomic E-state index is -0.408. The number of methoxy groups -OCH3 is 1. The molecule has 3 rings (SSSR count). The molecule has 2 atom stereocenters. The van der Waals surface area contributed by atoms with Gasteiger partial charge in [-0.05, 0) is 55.8 Å². The quantitative estimate of drug-likeness (QED) is 0.484. The van der Waals surface area contributed by atoms with Crippen LogP contribution in [-0.4, -0.2) is 35.7 Å². The average molecular weight is 419 g/mol. The SMILES string of the molecule is COc1ccc(CCCCC2CNC(NC(=O)c3nc(Cl)c(N)nc3N)C2)cc1. The standard InChI is InChI=1S/C20H27ClN6O2/c1-29-14-8-6-12(7-9-14)4-2-3-5-13-10-15(24-11-13)25-20(28)16-18(22)27-19(23)17(21)26-16/h6-9,13,15,24H,2-5,10-11H2,1H3,(H,25,28)(H4,22,23,27). The predicted molar refractivity (Wildman–Crippen MR) is 114 cm³/mol. The molecule has 2 heterocycles. The Balaban J connectivity index is 1.39. The zero-order valence-electron chi connectivity index (χ0n) is 16.5. The Hall–Kier alpha value is -2.58. The van der Waals surface area contributed by atoms with Crippen molar-refractivity contribution >= 4 is 29.1 Å². The highest BCUT2D eigenvalue weighted by Crippen LogP contribution is 2.22. The van der Waals surface area contributed by atoms with Gasteiger partial charge in [0.25, 0.3) is 5.91 Å². The van der Waals surface area contributed by atoms with Crippen molar-refractivity contribution in [1.82, 2.24) is 20.6 Å². The van der Waals surface area contributed by atoms with E-state index in [2.05, 4.69) is 32.7 Å². The van der Waals surface area contributed by atoms with Gasteiger partial charge in [0, 0.05) is 0 Å². The molecule has 1 aromatic carbocycles. The average Bonchev–Trinajstić information content (AvgIpc) is 3.15. The van der Waals surface area contributed by atoms with Gasteiger partial charge in [0.2, 0.25) is 0 Å². The topological polar surface area (TPSA) is 128 Å². The van der Waals surface area contributed by atoms with Crippen LogP contribution in [0.4, 0.5) is 11.6 Å². The molecule has 1 saturated heterocycles. The van der Waals surface area contributed by atoms with Crippen LogP contribution in [0.25, 0.3) is 0 Å². The molecule has 156 valence electrons. The third-order valence-electron chi connectivity index (χ3n) is 5.13. The Morgan fingerprint density at radius 1 is 1.24 bits per heavy atom. The molecule has 0 spiro atoms. The van der Waals surface area contributed by atoms with Crippen molar-refractivity contribution in [3.63, 3.8) is 0 Å². The minimum Gasteiger partial charge on any atom is -0.497 e. The second-order valence-corrected chi connectivity index (χ2v) is 7.62. The number of hydrogen-bond acceptors (Lipinski definition) is 7. The summed E-state index contributed by atoms with van der Waals surface area (Å²) in [6.07, 6.45) is 5.20. The fourth-order valence-electron chi connectivity index (χ4n) is 3.53. The lowest BCUT2D eigenvalue weighted by Crippen LogP contribution is -2.41. The number of carbonyl (C=O) groups excluding carboxylic acids is 1. The Kier molecular flexibility index (Phi) is 7.11. The Morgan fingerprint density at radius 2 is 2.00 bits per heavy atom. The van der Waals surface area contributed by atoms with Gasteiger partial charge >= 0.3 is 0 Å². The number of aryl methyl sites for hydroxylation is 1. The monoisotopic (exact) mass is 418 g/mol. The summed E-state index contributed by atoms with van der Waals surface area (Å²) in [6.45, 7) is 0.872. The summed E-state index contributed by atoms with van der Waals surface area (Å²) < 4.78 is 5.18. The van der Waals surface area contributed by atoms with E-state index in [0.717, 1.165) is 44.4 Å². The van der Waals surface area contributed by atoms with E-state index in [-0.39, 0.29) is 28.6 Å². The molecule has 1 aromatic heterocycles. The number of aromatic nitrogens is 2. The Labute approximate surface area is 175 Å². The van der Waals surface area contributed by atoms with E-state index < -0.39 is 5.91 Å². The fraction of sp³-hybridized carbons (Fsp3) is 0.450. The number of ether oxygens (including phenoxy) is 1. The lowest BCUT2D eigenvalue weighted by atomic mass is 9.98. The number of unbranched alkanes of at least 4 members (excludes halogenated alkanes) is 1. The van der Waals surface area contributed by atoms with Gasteiger partial charge in [0.1, 0.15) is 5.75 Å². The van der Waals surface area contributed by atoms with Crippen LogP contribution in [0, 0.1) is 5.92 Å². The van der Waals surface area contributed by atoms with Gasteiger partial charge in [0.05, 0.1) is 13.3 Å². The van der Waals surface area contributed by atoms with Crippen molar-refractivity contribution in [2.24, 2.45) is 5.92 Å². The van der Waals surface area contributed by atoms with Crippen LogP contribution in [0.5, 0.6) is 5.75 Å². The number of halogens is 1. The first kappa shape index (κ1) is 21.1. The number of rotatable bonds is 8. The van der Waals surface area contributed by atoms with Gasteiger partial charge in [-0.15, -0.1) is 0 Å². The van der Waals surface area contributed by atoms with Crippen LogP contribution in [0.1, 0.15) is 41.7 Å². The van der Waals surface area contributed by atoms with Gasteiger partial charge in [-0.3, -0.25) is 10.1 Å². The summed E-state index contributed by atoms with van der Waals surface area (Å²) in [5.74, 6) is 0.976. The zero-order valence-corrected chi connectivity index (χ0v) is 17.2. The smallest absolute Gasteiger partial charge is 0.275 e. The minimum absolute atomic E-state index is 0.00561. The molecular formula is C20H27ClN6O2. The Bertz CT molecular complexity index is 846. The predicted octanol–water partition coefficient (Wildman–Crippen LogP) is 2.38. The van der Waals surface area contributed by atoms with Crippen LogP contribution in [0.3, 0.4) is 0 Å². The van der Waals surface area contributed by atoms with E-state index >= 15 is 0 Å². The molecule has 9 heteroatoms. The van der Waals surface area contributed by atoms with Crippen molar-refractivity contribution < 1.29 is 9.53 Å². The van der Waals surface area contributed by atoms with E-state index in [9.17, 15) is 4.79 Å². The van der Waals surface area contributed by atoms with Crippen molar-refractivity contribution in [1.29, 1.82) is 0 Å². The van der Waals surface area contributed by atoms with E-state index in [0.29, 0.717) is 5.92 Å². The largest absolute Gasteiger partial charge is 0.497 e. The lowest BCUT2D eigenvalue weighted by Gasteiger charge is -2.14. The highest BCUT2D eigenvalue weighted by molar-refractivity contribution is 6.31. The third kappa shape index (κ3) is 5.71. The molecular weight excluding hydrogens is 392 g/mol. The summed E-state index contributed by atoms with van der Waals surface area (Å²) in [5, 5.41) is 6.20. The fourth-order valence-corrected chi connectivity index (χ4v) is 3.66. The molecule has 1 aliphatic heterocycles. The number of anilines is 2. The normalized spacial score (nSPS) is 18.6. The Morgan fingerprint density at radius 3 is 2.72 bits per heavy atom. The van der Waals surface area contributed by atoms with Gasteiger partial charge in [-0.1, -0.05) is 30.2 Å². The molecule has 2 aromatic rings. The summed E-state index contributed by atoms with van der Waals surface area (Å²) >= 11 is 5.84. The molecule has 2 unspecified atom stereocenters. The number of nitrogens with zero attached hydrogens (tertiary/aromatic N) is 2. The van der Waals surface area contributed by atoms with Crippen LogP contribution in [0.15, 0.2) is 24.3 Å². The van der Waals surface area contributed by atoms with E-state index in [1.54, 1.807) is 7.11 Å². The molecule has 0 bridgehead atoms. The van der Waals surface area contributed by atoms with Crippen molar-refractivity contribution in [3.05, 3.63) is 40.7 Å². The van der Waals surface area contributed by atoms with Crippen LogP contribution in [-0.2, 0) is 6.42 Å². The number of nitrogen functional groups attached to an aromatic ring is 2. The summed E-state index contributed by atoms with van der Waals surface area (Å²) in [4.78, 5) is 20.2. The lowest BCUT2D eigenvalue weighted by molar-refractivity contribution is 0.0928. The van der Waals surface area contributed by atoms with Crippen molar-refractivity contribution in [2.45, 2.75) is 38.3 Å². The molecule has 1 fully saturated rings. The van der Waals surface area contributed by atoms with Crippen LogP contribution in [0.2, 0.25) is 5.15 Å². The molecule has 6 N–H and O–H groups in total. The van der Waals surface area contributed by atoms with Crippen LogP contribution < -0.4 is 26.8 Å². The van der Waals surface area contributed by atoms with Gasteiger partial charge in [0.15, 0.2) is 22.5 Å². The van der Waals surface area contributed by atoms with Crippen LogP contribution >= 0.6 is 11.6 Å². The van der Waals surface area contributed by atoms with Gasteiger partial charge < -0.3 is 21.5 Å². The number of benzene rings is 1. The maximum absolute atomic E-state index is 12.4. The summed E-state index contributed by atoms with van der Waals surface area (Å²) in [7, 11) is 1.67. The van der Waals surface area contributed by atoms with E-state index in [1.807, 2.05) is 12.1 Å². The first-order valence-electron chi connectivity index (χ1n) is 9.72. The molecule has 0 aliphatic carbocycles. The summed E-state index contributed by atoms with van der Waals surface area (Å²) in [6, 6.07) is 8.21. The number of carbonyl (C=O) groups is 1. The molecule has 1 amide bonds.